The highest BCUT2D eigenvalue weighted by atomic mass is 35.5. The number of amides is 1. The largest absolute Gasteiger partial charge is 0.366 e. The summed E-state index contributed by atoms with van der Waals surface area (Å²) < 4.78 is 14.0. The summed E-state index contributed by atoms with van der Waals surface area (Å²) in [4.78, 5) is 21.0. The zero-order chi connectivity index (χ0) is 21.0. The molecular weight excluding hydrogens is 377 g/mol. The molecule has 2 rings (SSSR count). The molecule has 0 spiro atoms. The summed E-state index contributed by atoms with van der Waals surface area (Å²) in [7, 11) is 5.31. The third-order valence-corrected chi connectivity index (χ3v) is 5.09. The number of benzene rings is 2. The van der Waals surface area contributed by atoms with Crippen molar-refractivity contribution in [3.05, 3.63) is 63.4 Å². The van der Waals surface area contributed by atoms with Gasteiger partial charge in [0.25, 0.3) is 0 Å². The van der Waals surface area contributed by atoms with E-state index in [9.17, 15) is 9.18 Å². The van der Waals surface area contributed by atoms with Crippen molar-refractivity contribution in [2.24, 2.45) is 4.99 Å². The predicted molar refractivity (Wildman–Crippen MR) is 114 cm³/mol. The van der Waals surface area contributed by atoms with Crippen LogP contribution in [0.2, 0.25) is 5.02 Å². The van der Waals surface area contributed by atoms with Crippen LogP contribution in [0.15, 0.2) is 35.3 Å². The second-order valence-corrected chi connectivity index (χ2v) is 7.55. The van der Waals surface area contributed by atoms with Crippen LogP contribution in [0, 0.1) is 19.7 Å². The topological polar surface area (TPSA) is 35.9 Å². The molecule has 0 aliphatic rings. The van der Waals surface area contributed by atoms with E-state index in [1.165, 1.54) is 17.0 Å². The minimum atomic E-state index is -0.687. The molecular formula is C22H27ClFN3O. The fourth-order valence-corrected chi connectivity index (χ4v) is 3.18. The van der Waals surface area contributed by atoms with Gasteiger partial charge in [-0.3, -0.25) is 4.79 Å². The molecule has 0 bridgehead atoms. The van der Waals surface area contributed by atoms with Gasteiger partial charge in [0, 0.05) is 32.7 Å². The maximum absolute atomic E-state index is 14.0. The van der Waals surface area contributed by atoms with Crippen molar-refractivity contribution in [2.45, 2.75) is 26.7 Å². The monoisotopic (exact) mass is 403 g/mol. The number of likely N-dealkylation sites (N-methyl/N-ethyl adjacent to an activating group) is 1. The van der Waals surface area contributed by atoms with Crippen LogP contribution in [0.4, 0.5) is 10.1 Å². The molecule has 0 radical (unpaired) electrons. The zero-order valence-electron chi connectivity index (χ0n) is 17.3. The average molecular weight is 404 g/mol. The third-order valence-electron chi connectivity index (χ3n) is 4.76. The van der Waals surface area contributed by atoms with Gasteiger partial charge in [-0.15, -0.1) is 0 Å². The van der Waals surface area contributed by atoms with Gasteiger partial charge in [0.15, 0.2) is 0 Å². The third kappa shape index (κ3) is 4.90. The first-order valence-corrected chi connectivity index (χ1v) is 9.55. The first-order valence-electron chi connectivity index (χ1n) is 9.17. The number of carbonyl (C=O) groups is 1. The fourth-order valence-electron chi connectivity index (χ4n) is 2.91. The van der Waals surface area contributed by atoms with Crippen molar-refractivity contribution >= 4 is 29.5 Å². The Morgan fingerprint density at radius 1 is 1.14 bits per heavy atom. The number of halogens is 2. The molecule has 4 nitrogen and oxygen atoms in total. The fraction of sp³-hybridized carbons (Fsp3) is 0.364. The summed E-state index contributed by atoms with van der Waals surface area (Å²) >= 11 is 6.58. The van der Waals surface area contributed by atoms with Crippen molar-refractivity contribution < 1.29 is 9.18 Å². The van der Waals surface area contributed by atoms with Gasteiger partial charge in [-0.1, -0.05) is 23.7 Å². The summed E-state index contributed by atoms with van der Waals surface area (Å²) in [5.41, 5.74) is 3.73. The van der Waals surface area contributed by atoms with Crippen LogP contribution in [-0.2, 0) is 4.79 Å². The normalized spacial score (nSPS) is 12.3. The first kappa shape index (κ1) is 21.9. The lowest BCUT2D eigenvalue weighted by Gasteiger charge is -2.24. The van der Waals surface area contributed by atoms with Crippen LogP contribution in [0.5, 0.6) is 0 Å². The van der Waals surface area contributed by atoms with E-state index in [0.717, 1.165) is 23.4 Å². The van der Waals surface area contributed by atoms with Gasteiger partial charge >= 0.3 is 0 Å². The van der Waals surface area contributed by atoms with Gasteiger partial charge in [-0.25, -0.2) is 9.38 Å². The Morgan fingerprint density at radius 2 is 1.82 bits per heavy atom. The van der Waals surface area contributed by atoms with Crippen molar-refractivity contribution in [1.29, 1.82) is 0 Å². The second-order valence-electron chi connectivity index (χ2n) is 7.14. The number of rotatable bonds is 6. The molecule has 0 saturated heterocycles. The molecule has 0 saturated carbocycles. The highest BCUT2D eigenvalue weighted by Gasteiger charge is 2.28. The molecule has 28 heavy (non-hydrogen) atoms. The highest BCUT2D eigenvalue weighted by Crippen LogP contribution is 2.37. The maximum atomic E-state index is 14.0. The van der Waals surface area contributed by atoms with E-state index < -0.39 is 5.92 Å². The van der Waals surface area contributed by atoms with Crippen molar-refractivity contribution in [3.63, 3.8) is 0 Å². The SMILES string of the molecule is CCN(C)C=Nc1cc(Cl)c(C(C(=O)N(C)C)c2cc(F)ccc2C)cc1C. The lowest BCUT2D eigenvalue weighted by atomic mass is 9.86. The minimum Gasteiger partial charge on any atom is -0.366 e. The molecule has 0 aliphatic heterocycles. The van der Waals surface area contributed by atoms with Gasteiger partial charge in [0.2, 0.25) is 5.91 Å². The Morgan fingerprint density at radius 3 is 2.43 bits per heavy atom. The summed E-state index contributed by atoms with van der Waals surface area (Å²) in [6.45, 7) is 6.67. The van der Waals surface area contributed by atoms with Crippen LogP contribution < -0.4 is 0 Å². The summed E-state index contributed by atoms with van der Waals surface area (Å²) in [5, 5.41) is 0.431. The van der Waals surface area contributed by atoms with Gasteiger partial charge < -0.3 is 9.80 Å². The minimum absolute atomic E-state index is 0.156. The summed E-state index contributed by atoms with van der Waals surface area (Å²) in [6.07, 6.45) is 1.75. The molecule has 150 valence electrons. The quantitative estimate of drug-likeness (QED) is 0.506. The van der Waals surface area contributed by atoms with E-state index in [4.69, 9.17) is 11.6 Å². The Kier molecular flexibility index (Phi) is 7.19. The van der Waals surface area contributed by atoms with Gasteiger partial charge in [0.05, 0.1) is 17.9 Å². The molecule has 2 aromatic rings. The second kappa shape index (κ2) is 9.20. The number of carbonyl (C=O) groups excluding carboxylic acids is 1. The van der Waals surface area contributed by atoms with E-state index in [1.54, 1.807) is 32.6 Å². The molecule has 1 amide bonds. The number of hydrogen-bond donors (Lipinski definition) is 0. The van der Waals surface area contributed by atoms with Crippen LogP contribution in [0.1, 0.15) is 35.1 Å². The lowest BCUT2D eigenvalue weighted by Crippen LogP contribution is -2.29. The Hall–Kier alpha value is -2.40. The molecule has 0 N–H and O–H groups in total. The molecule has 1 atom stereocenters. The van der Waals surface area contributed by atoms with Gasteiger partial charge in [-0.05, 0) is 61.2 Å². The van der Waals surface area contributed by atoms with Crippen molar-refractivity contribution in [2.75, 3.05) is 27.7 Å². The summed E-state index contributed by atoms with van der Waals surface area (Å²) in [5.74, 6) is -1.22. The highest BCUT2D eigenvalue weighted by molar-refractivity contribution is 6.32. The predicted octanol–water partition coefficient (Wildman–Crippen LogP) is 4.93. The molecule has 0 heterocycles. The number of aryl methyl sites for hydroxylation is 2. The molecule has 2 aromatic carbocycles. The van der Waals surface area contributed by atoms with E-state index >= 15 is 0 Å². The Bertz CT molecular complexity index is 896. The number of hydrogen-bond acceptors (Lipinski definition) is 2. The van der Waals surface area contributed by atoms with Crippen molar-refractivity contribution in [1.82, 2.24) is 9.80 Å². The molecule has 1 unspecified atom stereocenters. The van der Waals surface area contributed by atoms with Gasteiger partial charge in [0.1, 0.15) is 5.82 Å². The van der Waals surface area contributed by atoms with Crippen LogP contribution in [0.25, 0.3) is 0 Å². The first-order chi connectivity index (χ1) is 13.1. The van der Waals surface area contributed by atoms with E-state index in [-0.39, 0.29) is 11.7 Å². The number of nitrogens with zero attached hydrogens (tertiary/aromatic N) is 3. The standard InChI is InChI=1S/C22H27ClFN3O/c1-7-27(6)13-25-20-12-19(23)18(10-15(20)3)21(22(28)26(4)5)17-11-16(24)9-8-14(17)2/h8-13,21H,7H2,1-6H3. The van der Waals surface area contributed by atoms with E-state index in [0.29, 0.717) is 16.1 Å². The zero-order valence-corrected chi connectivity index (χ0v) is 18.0. The van der Waals surface area contributed by atoms with Crippen LogP contribution in [-0.4, -0.2) is 49.7 Å². The Labute approximate surface area is 171 Å². The lowest BCUT2D eigenvalue weighted by molar-refractivity contribution is -0.129. The molecule has 6 heteroatoms. The maximum Gasteiger partial charge on any atom is 0.234 e. The molecule has 0 aromatic heterocycles. The average Bonchev–Trinajstić information content (AvgIpc) is 2.65. The van der Waals surface area contributed by atoms with Crippen LogP contribution in [0.3, 0.4) is 0 Å². The van der Waals surface area contributed by atoms with Gasteiger partial charge in [-0.2, -0.15) is 0 Å². The number of aliphatic imine (C=N–C) groups is 1. The van der Waals surface area contributed by atoms with E-state index in [1.807, 2.05) is 38.8 Å². The summed E-state index contributed by atoms with van der Waals surface area (Å²) in [6, 6.07) is 8.12. The molecule has 0 aliphatic carbocycles. The van der Waals surface area contributed by atoms with Crippen LogP contribution >= 0.6 is 11.6 Å². The molecule has 0 fully saturated rings. The Balaban J connectivity index is 2.61. The van der Waals surface area contributed by atoms with Crippen molar-refractivity contribution in [3.8, 4) is 0 Å². The smallest absolute Gasteiger partial charge is 0.234 e. The van der Waals surface area contributed by atoms with E-state index in [2.05, 4.69) is 4.99 Å².